The highest BCUT2D eigenvalue weighted by Crippen LogP contribution is 2.38. The van der Waals surface area contributed by atoms with Gasteiger partial charge in [0, 0.05) is 31.1 Å². The number of hydrogen-bond donors (Lipinski definition) is 11. The van der Waals surface area contributed by atoms with Crippen LogP contribution in [0.25, 0.3) is 0 Å². The molecule has 2 fully saturated rings. The van der Waals surface area contributed by atoms with Crippen LogP contribution in [0.2, 0.25) is 0 Å². The van der Waals surface area contributed by atoms with Crippen LogP contribution in [0.4, 0.5) is 0 Å². The number of allylic oxidation sites excluding steroid dienone is 12. The molecule has 0 aliphatic carbocycles. The molecule has 0 aromatic heterocycles. The minimum atomic E-state index is -2.05. The molecule has 362 valence electrons. The summed E-state index contributed by atoms with van der Waals surface area (Å²) in [7, 11) is 0. The van der Waals surface area contributed by atoms with Gasteiger partial charge in [0.15, 0.2) is 12.1 Å². The molecule has 3 aliphatic rings. The van der Waals surface area contributed by atoms with E-state index < -0.39 is 128 Å². The fourth-order valence-corrected chi connectivity index (χ4v) is 7.89. The van der Waals surface area contributed by atoms with Gasteiger partial charge >= 0.3 is 11.9 Å². The van der Waals surface area contributed by atoms with Crippen molar-refractivity contribution in [2.75, 3.05) is 0 Å². The molecule has 3 rings (SSSR count). The summed E-state index contributed by atoms with van der Waals surface area (Å²) in [5.74, 6) is -6.33. The summed E-state index contributed by atoms with van der Waals surface area (Å²) in [6, 6.07) is -1.12. The molecule has 2 saturated heterocycles. The second-order valence-electron chi connectivity index (χ2n) is 17.4. The zero-order valence-corrected chi connectivity index (χ0v) is 37.3. The van der Waals surface area contributed by atoms with Gasteiger partial charge in [0.1, 0.15) is 18.1 Å². The third kappa shape index (κ3) is 18.1. The lowest BCUT2D eigenvalue weighted by Gasteiger charge is -2.45. The lowest BCUT2D eigenvalue weighted by molar-refractivity contribution is -0.304. The van der Waals surface area contributed by atoms with E-state index >= 15 is 0 Å². The van der Waals surface area contributed by atoms with Gasteiger partial charge in [-0.2, -0.15) is 0 Å². The highest BCUT2D eigenvalue weighted by Gasteiger charge is 2.50. The van der Waals surface area contributed by atoms with E-state index in [1.807, 2.05) is 37.3 Å². The zero-order valence-electron chi connectivity index (χ0n) is 37.3. The Morgan fingerprint density at radius 1 is 0.703 bits per heavy atom. The molecule has 3 aliphatic heterocycles. The summed E-state index contributed by atoms with van der Waals surface area (Å²) in [5.41, 5.74) is 6.03. The first kappa shape index (κ1) is 54.9. The Labute approximate surface area is 376 Å². The van der Waals surface area contributed by atoms with Crippen LogP contribution < -0.4 is 5.73 Å². The fraction of sp³-hybridized carbons (Fsp3) is 0.660. The highest BCUT2D eigenvalue weighted by atomic mass is 16.7. The van der Waals surface area contributed by atoms with Gasteiger partial charge < -0.3 is 75.7 Å². The summed E-state index contributed by atoms with van der Waals surface area (Å²) in [6.45, 7) is 6.81. The predicted molar refractivity (Wildman–Crippen MR) is 236 cm³/mol. The lowest BCUT2D eigenvalue weighted by Crippen LogP contribution is -2.61. The van der Waals surface area contributed by atoms with Gasteiger partial charge in [0.25, 0.3) is 0 Å². The van der Waals surface area contributed by atoms with Crippen molar-refractivity contribution in [3.63, 3.8) is 0 Å². The Morgan fingerprint density at radius 3 is 1.86 bits per heavy atom. The third-order valence-electron chi connectivity index (χ3n) is 12.0. The van der Waals surface area contributed by atoms with Crippen LogP contribution in [0.15, 0.2) is 85.1 Å². The van der Waals surface area contributed by atoms with Crippen molar-refractivity contribution < 1.29 is 79.6 Å². The number of aliphatic hydroxyl groups is 9. The number of carbonyl (C=O) groups excluding carboxylic acids is 1. The van der Waals surface area contributed by atoms with E-state index in [0.29, 0.717) is 0 Å². The number of nitrogens with two attached hydrogens (primary N) is 1. The monoisotopic (exact) mass is 907 g/mol. The maximum atomic E-state index is 12.6. The molecule has 0 aromatic rings. The van der Waals surface area contributed by atoms with E-state index in [1.54, 1.807) is 75.5 Å². The molecule has 0 saturated carbocycles. The van der Waals surface area contributed by atoms with Crippen LogP contribution in [-0.4, -0.2) is 154 Å². The van der Waals surface area contributed by atoms with Gasteiger partial charge in [-0.1, -0.05) is 98.9 Å². The molecular weight excluding hydrogens is 835 g/mol. The Hall–Kier alpha value is -3.40. The smallest absolute Gasteiger partial charge is 0.311 e. The number of aliphatic carboxylic acids is 1. The van der Waals surface area contributed by atoms with Gasteiger partial charge in [-0.3, -0.25) is 9.59 Å². The van der Waals surface area contributed by atoms with Crippen molar-refractivity contribution in [1.29, 1.82) is 0 Å². The van der Waals surface area contributed by atoms with Gasteiger partial charge in [0.05, 0.1) is 73.5 Å². The van der Waals surface area contributed by atoms with Crippen LogP contribution in [0.5, 0.6) is 0 Å². The molecule has 12 N–H and O–H groups in total. The number of esters is 1. The second-order valence-corrected chi connectivity index (χ2v) is 17.4. The number of hydrogen-bond acceptors (Lipinski definition) is 16. The molecule has 64 heavy (non-hydrogen) atoms. The number of aliphatic hydroxyl groups excluding tert-OH is 8. The quantitative estimate of drug-likeness (QED) is 0.180. The number of rotatable bonds is 3. The van der Waals surface area contributed by atoms with Crippen molar-refractivity contribution in [3.05, 3.63) is 85.1 Å². The maximum Gasteiger partial charge on any atom is 0.311 e. The minimum Gasteiger partial charge on any atom is -0.481 e. The van der Waals surface area contributed by atoms with E-state index in [1.165, 1.54) is 0 Å². The number of fused-ring (bicyclic) bond motifs is 2. The maximum absolute atomic E-state index is 12.6. The molecular formula is C47H73NO16. The van der Waals surface area contributed by atoms with Crippen molar-refractivity contribution in [1.82, 2.24) is 0 Å². The Bertz CT molecular complexity index is 1630. The number of carboxylic acids is 1. The average Bonchev–Trinajstić information content (AvgIpc) is 3.22. The molecule has 3 heterocycles. The number of carbonyl (C=O) groups is 2. The summed E-state index contributed by atoms with van der Waals surface area (Å²) in [5, 5.41) is 107. The van der Waals surface area contributed by atoms with Crippen molar-refractivity contribution in [3.8, 4) is 0 Å². The van der Waals surface area contributed by atoms with E-state index in [4.69, 9.17) is 24.7 Å². The first-order valence-electron chi connectivity index (χ1n) is 22.2. The normalized spacial score (nSPS) is 44.8. The van der Waals surface area contributed by atoms with Crippen LogP contribution in [-0.2, 0) is 28.5 Å². The molecule has 0 aromatic carbocycles. The van der Waals surface area contributed by atoms with Gasteiger partial charge in [-0.15, -0.1) is 0 Å². The molecule has 0 radical (unpaired) electrons. The molecule has 0 amide bonds. The van der Waals surface area contributed by atoms with Crippen molar-refractivity contribution in [2.45, 2.75) is 177 Å². The van der Waals surface area contributed by atoms with Crippen LogP contribution in [0, 0.1) is 17.8 Å². The summed E-state index contributed by atoms with van der Waals surface area (Å²) >= 11 is 0. The summed E-state index contributed by atoms with van der Waals surface area (Å²) in [6.07, 6.45) is 7.89. The third-order valence-corrected chi connectivity index (χ3v) is 12.0. The SMILES string of the molecule is CC1OC(O[C@H]2/C=C/C=C/C=C/C=C/C=C/C=C/C=C/[C@H](C)[C@@H](O)[C@@H](C)[C@H](C)OC(=O)C[C@H](O)C[C@H](O)CC[C@@H](O)[C@H](O)CCC[C@]3(O)C[C@H](O)[C@@H](C(=O)O)[C@H](C2)O3)C(O)C(N)C1O. The Morgan fingerprint density at radius 2 is 1.27 bits per heavy atom. The van der Waals surface area contributed by atoms with E-state index in [2.05, 4.69) is 0 Å². The standard InChI is InChI=1S/C47H73NO16/c1-28-18-15-13-11-9-7-5-6-8-10-12-14-16-19-34(63-46-44(57)41(48)43(56)31(4)62-46)26-38-40(45(58)59)37(53)27-47(60,64-38)23-17-20-35(51)36(52)22-21-32(49)24-33(50)25-39(54)61-30(3)29(2)42(28)55/h5-16,18-19,28-38,40-44,46,49-53,55-57,60H,17,20-27,48H2,1-4H3,(H,58,59)/b6-5+,9-7+,10-8+,13-11+,14-12+,18-15+,19-16+/t28-,29-,30-,31?,32+,33+,34-,35+,36+,37-,38-,40+,41?,42+,43?,44?,46?,47+/m0/s1. The summed E-state index contributed by atoms with van der Waals surface area (Å²) < 4.78 is 23.3. The second kappa shape index (κ2) is 27.3. The van der Waals surface area contributed by atoms with Crippen LogP contribution in [0.3, 0.4) is 0 Å². The summed E-state index contributed by atoms with van der Waals surface area (Å²) in [4.78, 5) is 25.1. The molecule has 18 atom stereocenters. The Balaban J connectivity index is 1.83. The topological polar surface area (TPSA) is 299 Å². The predicted octanol–water partition coefficient (Wildman–Crippen LogP) is 1.74. The first-order valence-corrected chi connectivity index (χ1v) is 22.2. The largest absolute Gasteiger partial charge is 0.481 e. The van der Waals surface area contributed by atoms with Crippen LogP contribution in [0.1, 0.15) is 85.5 Å². The fourth-order valence-electron chi connectivity index (χ4n) is 7.89. The van der Waals surface area contributed by atoms with Crippen molar-refractivity contribution in [2.24, 2.45) is 23.5 Å². The molecule has 0 spiro atoms. The van der Waals surface area contributed by atoms with E-state index in [9.17, 15) is 60.7 Å². The van der Waals surface area contributed by atoms with E-state index in [-0.39, 0.29) is 50.9 Å². The zero-order chi connectivity index (χ0) is 47.6. The Kier molecular flexibility index (Phi) is 23.4. The van der Waals surface area contributed by atoms with Gasteiger partial charge in [-0.05, 0) is 46.0 Å². The van der Waals surface area contributed by atoms with Crippen molar-refractivity contribution >= 4 is 11.9 Å². The average molecular weight is 908 g/mol. The molecule has 17 nitrogen and oxygen atoms in total. The van der Waals surface area contributed by atoms with Crippen LogP contribution >= 0.6 is 0 Å². The highest BCUT2D eigenvalue weighted by molar-refractivity contribution is 5.71. The minimum absolute atomic E-state index is 0.0199. The molecule has 5 unspecified atom stereocenters. The number of ether oxygens (including phenoxy) is 4. The number of cyclic esters (lactones) is 1. The number of carboxylic acid groups (broad SMARTS) is 1. The molecule has 2 bridgehead atoms. The lowest BCUT2D eigenvalue weighted by atomic mass is 9.83. The van der Waals surface area contributed by atoms with E-state index in [0.717, 1.165) is 0 Å². The first-order chi connectivity index (χ1) is 30.2. The van der Waals surface area contributed by atoms with Gasteiger partial charge in [-0.25, -0.2) is 0 Å². The molecule has 17 heteroatoms. The van der Waals surface area contributed by atoms with Gasteiger partial charge in [0.2, 0.25) is 0 Å².